The van der Waals surface area contributed by atoms with Crippen LogP contribution in [-0.4, -0.2) is 11.6 Å². The Hall–Kier alpha value is -3.12. The molecule has 1 heterocycles. The van der Waals surface area contributed by atoms with E-state index in [0.29, 0.717) is 10.3 Å². The minimum atomic E-state index is -0.954. The first-order chi connectivity index (χ1) is 13.8. The number of pyridine rings is 1. The molecule has 4 nitrogen and oxygen atoms in total. The average Bonchev–Trinajstić information content (AvgIpc) is 2.67. The molecule has 1 aromatic heterocycles. The molecule has 0 aliphatic carbocycles. The quantitative estimate of drug-likeness (QED) is 0.258. The summed E-state index contributed by atoms with van der Waals surface area (Å²) in [6, 6.07) is 11.5. The van der Waals surface area contributed by atoms with E-state index in [0.717, 1.165) is 23.9 Å². The van der Waals surface area contributed by atoms with Crippen LogP contribution >= 0.6 is 11.6 Å². The van der Waals surface area contributed by atoms with Gasteiger partial charge in [0, 0.05) is 18.1 Å². The smallest absolute Gasteiger partial charge is 0.200 e. The fourth-order valence-electron chi connectivity index (χ4n) is 2.94. The molecule has 3 rings (SSSR count). The highest BCUT2D eigenvalue weighted by atomic mass is 35.5. The molecule has 0 spiro atoms. The van der Waals surface area contributed by atoms with E-state index in [1.54, 1.807) is 24.3 Å². The predicted molar refractivity (Wildman–Crippen MR) is 105 cm³/mol. The number of nitrogens with zero attached hydrogens (tertiary/aromatic N) is 1. The van der Waals surface area contributed by atoms with Gasteiger partial charge in [0.25, 0.3) is 0 Å². The Kier molecular flexibility index (Phi) is 6.03. The highest BCUT2D eigenvalue weighted by Gasteiger charge is 2.19. The van der Waals surface area contributed by atoms with E-state index >= 15 is 0 Å². The lowest BCUT2D eigenvalue weighted by Crippen LogP contribution is -2.33. The van der Waals surface area contributed by atoms with E-state index in [-0.39, 0.29) is 40.7 Å². The summed E-state index contributed by atoms with van der Waals surface area (Å²) in [5.41, 5.74) is 1.05. The van der Waals surface area contributed by atoms with E-state index in [1.807, 2.05) is 0 Å². The molecule has 0 unspecified atom stereocenters. The van der Waals surface area contributed by atoms with Gasteiger partial charge in [-0.25, -0.2) is 8.78 Å². The molecular weight excluding hydrogens is 400 g/mol. The van der Waals surface area contributed by atoms with E-state index in [4.69, 9.17) is 11.6 Å². The summed E-state index contributed by atoms with van der Waals surface area (Å²) in [6.07, 6.45) is 0.971. The maximum atomic E-state index is 14.2. The van der Waals surface area contributed by atoms with Crippen LogP contribution in [0.2, 0.25) is 5.02 Å². The van der Waals surface area contributed by atoms with Gasteiger partial charge in [0.05, 0.1) is 22.6 Å². The molecule has 7 heteroatoms. The van der Waals surface area contributed by atoms with Crippen LogP contribution in [0.5, 0.6) is 0 Å². The molecule has 0 aliphatic rings. The van der Waals surface area contributed by atoms with Crippen molar-refractivity contribution in [3.63, 3.8) is 0 Å². The van der Waals surface area contributed by atoms with Gasteiger partial charge in [0.2, 0.25) is 0 Å². The van der Waals surface area contributed by atoms with Gasteiger partial charge in [-0.1, -0.05) is 35.9 Å². The van der Waals surface area contributed by atoms with E-state index < -0.39 is 17.2 Å². The number of ketones is 2. The molecule has 148 valence electrons. The molecule has 0 N–H and O–H groups in total. The van der Waals surface area contributed by atoms with Crippen molar-refractivity contribution in [2.45, 2.75) is 19.8 Å². The largest absolute Gasteiger partial charge is 0.618 e. The number of hydrogen-bond donors (Lipinski definition) is 0. The van der Waals surface area contributed by atoms with E-state index in [1.165, 1.54) is 19.1 Å². The van der Waals surface area contributed by atoms with E-state index in [9.17, 15) is 23.6 Å². The van der Waals surface area contributed by atoms with Crippen LogP contribution < -0.4 is 4.73 Å². The second-order valence-electron chi connectivity index (χ2n) is 6.60. The Morgan fingerprint density at radius 2 is 1.69 bits per heavy atom. The monoisotopic (exact) mass is 415 g/mol. The van der Waals surface area contributed by atoms with Gasteiger partial charge in [-0.3, -0.25) is 9.59 Å². The van der Waals surface area contributed by atoms with Crippen molar-refractivity contribution in [1.82, 2.24) is 0 Å². The number of rotatable bonds is 6. The van der Waals surface area contributed by atoms with Crippen LogP contribution in [-0.2, 0) is 17.6 Å². The summed E-state index contributed by atoms with van der Waals surface area (Å²) >= 11 is 5.69. The minimum absolute atomic E-state index is 0.0218. The molecule has 0 amide bonds. The summed E-state index contributed by atoms with van der Waals surface area (Å²) in [5, 5.41) is 12.0. The number of carbonyl (C=O) groups is 2. The van der Waals surface area contributed by atoms with Gasteiger partial charge in [-0.15, -0.1) is 0 Å². The zero-order valence-electron chi connectivity index (χ0n) is 15.4. The lowest BCUT2D eigenvalue weighted by atomic mass is 10.0. The molecule has 0 saturated carbocycles. The maximum Gasteiger partial charge on any atom is 0.200 e. The minimum Gasteiger partial charge on any atom is -0.618 e. The molecule has 0 saturated heterocycles. The standard InChI is InChI=1S/C22H16ClF2NO3/c1-13(27)15-4-2-14(3-5-15)10-18(28)11-17-7-6-16(12-26(17)29)21-20(24)9-8-19(23)22(21)25/h2-9,12H,10-11H2,1H3. The SMILES string of the molecule is CC(=O)c1ccc(CC(=O)Cc2ccc(-c3c(F)ccc(Cl)c3F)c[n+]2[O-])cc1. The summed E-state index contributed by atoms with van der Waals surface area (Å²) in [7, 11) is 0. The van der Waals surface area contributed by atoms with Crippen molar-refractivity contribution in [1.29, 1.82) is 0 Å². The van der Waals surface area contributed by atoms with Crippen molar-refractivity contribution in [2.24, 2.45) is 0 Å². The Bertz CT molecular complexity index is 1100. The summed E-state index contributed by atoms with van der Waals surface area (Å²) in [6.45, 7) is 1.46. The highest BCUT2D eigenvalue weighted by molar-refractivity contribution is 6.31. The summed E-state index contributed by atoms with van der Waals surface area (Å²) in [4.78, 5) is 23.6. The topological polar surface area (TPSA) is 61.1 Å². The van der Waals surface area contributed by atoms with Crippen molar-refractivity contribution in [3.05, 3.63) is 93.4 Å². The predicted octanol–water partition coefficient (Wildman–Crippen LogP) is 4.48. The summed E-state index contributed by atoms with van der Waals surface area (Å²) < 4.78 is 28.6. The third-order valence-corrected chi connectivity index (χ3v) is 4.76. The second-order valence-corrected chi connectivity index (χ2v) is 7.01. The van der Waals surface area contributed by atoms with Crippen molar-refractivity contribution >= 4 is 23.2 Å². The van der Waals surface area contributed by atoms with Crippen LogP contribution in [0.15, 0.2) is 54.7 Å². The third-order valence-electron chi connectivity index (χ3n) is 4.47. The van der Waals surface area contributed by atoms with E-state index in [2.05, 4.69) is 0 Å². The lowest BCUT2D eigenvalue weighted by Gasteiger charge is -2.09. The van der Waals surface area contributed by atoms with Crippen LogP contribution in [0.4, 0.5) is 8.78 Å². The maximum absolute atomic E-state index is 14.2. The Morgan fingerprint density at radius 3 is 2.31 bits per heavy atom. The molecule has 29 heavy (non-hydrogen) atoms. The molecule has 3 aromatic rings. The first kappa shape index (κ1) is 20.6. The van der Waals surface area contributed by atoms with Crippen LogP contribution in [0, 0.1) is 16.8 Å². The van der Waals surface area contributed by atoms with Crippen LogP contribution in [0.3, 0.4) is 0 Å². The number of benzene rings is 2. The number of halogens is 3. The molecular formula is C22H16ClF2NO3. The number of carbonyl (C=O) groups excluding carboxylic acids is 2. The molecule has 0 fully saturated rings. The average molecular weight is 416 g/mol. The van der Waals surface area contributed by atoms with Gasteiger partial charge in [0.1, 0.15) is 11.6 Å². The van der Waals surface area contributed by atoms with Gasteiger partial charge < -0.3 is 5.21 Å². The van der Waals surface area contributed by atoms with Crippen molar-refractivity contribution in [2.75, 3.05) is 0 Å². The fourth-order valence-corrected chi connectivity index (χ4v) is 3.10. The molecule has 2 aromatic carbocycles. The van der Waals surface area contributed by atoms with Crippen molar-refractivity contribution in [3.8, 4) is 11.1 Å². The number of aromatic nitrogens is 1. The Balaban J connectivity index is 1.76. The number of Topliss-reactive ketones (excluding diaryl/α,β-unsaturated/α-hetero) is 2. The molecule has 0 atom stereocenters. The van der Waals surface area contributed by atoms with Gasteiger partial charge in [-0.05, 0) is 30.7 Å². The summed E-state index contributed by atoms with van der Waals surface area (Å²) in [5.74, 6) is -2.07. The highest BCUT2D eigenvalue weighted by Crippen LogP contribution is 2.29. The number of hydrogen-bond acceptors (Lipinski definition) is 3. The second kappa shape index (κ2) is 8.49. The van der Waals surface area contributed by atoms with Crippen LogP contribution in [0.1, 0.15) is 28.5 Å². The first-order valence-electron chi connectivity index (χ1n) is 8.74. The lowest BCUT2D eigenvalue weighted by molar-refractivity contribution is -0.612. The third kappa shape index (κ3) is 4.66. The Labute approximate surface area is 171 Å². The normalized spacial score (nSPS) is 10.8. The van der Waals surface area contributed by atoms with Gasteiger partial charge in [0.15, 0.2) is 23.5 Å². The molecule has 0 bridgehead atoms. The van der Waals surface area contributed by atoms with Crippen LogP contribution in [0.25, 0.3) is 11.1 Å². The fraction of sp³-hybridized carbons (Fsp3) is 0.136. The van der Waals surface area contributed by atoms with Crippen molar-refractivity contribution < 1.29 is 23.1 Å². The molecule has 0 radical (unpaired) electrons. The zero-order chi connectivity index (χ0) is 21.1. The zero-order valence-corrected chi connectivity index (χ0v) is 16.2. The van der Waals surface area contributed by atoms with Gasteiger partial charge >= 0.3 is 0 Å². The first-order valence-corrected chi connectivity index (χ1v) is 9.11. The Morgan fingerprint density at radius 1 is 1.00 bits per heavy atom. The molecule has 0 aliphatic heterocycles. The van der Waals surface area contributed by atoms with Gasteiger partial charge in [-0.2, -0.15) is 4.73 Å².